The minimum Gasteiger partial charge on any atom is -0.369 e. The molecular weight excluding hydrogens is 304 g/mol. The molecule has 2 heterocycles. The quantitative estimate of drug-likeness (QED) is 0.892. The summed E-state index contributed by atoms with van der Waals surface area (Å²) in [5.74, 6) is -1.01. The molecule has 3 N–H and O–H groups in total. The normalized spacial score (nSPS) is 16.9. The summed E-state index contributed by atoms with van der Waals surface area (Å²) < 4.78 is 0. The Morgan fingerprint density at radius 1 is 1.25 bits per heavy atom. The number of rotatable bonds is 4. The highest BCUT2D eigenvalue weighted by molar-refractivity contribution is 6.05. The Morgan fingerprint density at radius 2 is 2.00 bits per heavy atom. The Labute approximate surface area is 140 Å². The van der Waals surface area contributed by atoms with Crippen molar-refractivity contribution >= 4 is 17.5 Å². The second kappa shape index (κ2) is 6.70. The number of primary amides is 1. The number of pyridine rings is 1. The third kappa shape index (κ3) is 3.37. The van der Waals surface area contributed by atoms with Crippen molar-refractivity contribution in [3.8, 4) is 0 Å². The van der Waals surface area contributed by atoms with Gasteiger partial charge in [-0.05, 0) is 37.6 Å². The Balaban J connectivity index is 1.66. The average Bonchev–Trinajstić information content (AvgIpc) is 3.04. The predicted octanol–water partition coefficient (Wildman–Crippen LogP) is 1.50. The number of nitrogens with one attached hydrogen (secondary N) is 1. The maximum Gasteiger partial charge on any atom is 0.268 e. The molecule has 0 aliphatic carbocycles. The predicted molar refractivity (Wildman–Crippen MR) is 92.0 cm³/mol. The summed E-state index contributed by atoms with van der Waals surface area (Å²) in [6.07, 6.45) is 2.30. The van der Waals surface area contributed by atoms with Crippen LogP contribution in [0, 0.1) is 6.92 Å². The number of carbonyl (C=O) groups excluding carboxylic acids is 2. The molecule has 0 spiro atoms. The molecular formula is C18H20N4O2. The molecule has 124 valence electrons. The van der Waals surface area contributed by atoms with Crippen molar-refractivity contribution in [2.24, 2.45) is 5.73 Å². The van der Waals surface area contributed by atoms with E-state index in [9.17, 15) is 9.59 Å². The van der Waals surface area contributed by atoms with Crippen LogP contribution in [0.3, 0.4) is 0 Å². The van der Waals surface area contributed by atoms with Gasteiger partial charge in [0.15, 0.2) is 0 Å². The third-order valence-electron chi connectivity index (χ3n) is 4.21. The van der Waals surface area contributed by atoms with Crippen molar-refractivity contribution in [1.29, 1.82) is 0 Å². The summed E-state index contributed by atoms with van der Waals surface area (Å²) in [6.45, 7) is 3.67. The molecule has 0 radical (unpaired) electrons. The SMILES string of the molecule is Cc1ccc(N2CCC(NC(=O)c3cccnc3C(N)=O)C2)cc1. The largest absolute Gasteiger partial charge is 0.369 e. The van der Waals surface area contributed by atoms with Crippen LogP contribution < -0.4 is 16.0 Å². The first-order valence-electron chi connectivity index (χ1n) is 7.92. The van der Waals surface area contributed by atoms with E-state index in [-0.39, 0.29) is 23.2 Å². The molecule has 1 aromatic carbocycles. The van der Waals surface area contributed by atoms with Crippen LogP contribution in [0.5, 0.6) is 0 Å². The van der Waals surface area contributed by atoms with Crippen LogP contribution >= 0.6 is 0 Å². The minimum atomic E-state index is -0.701. The molecule has 1 fully saturated rings. The molecule has 0 bridgehead atoms. The highest BCUT2D eigenvalue weighted by atomic mass is 16.2. The number of benzene rings is 1. The molecule has 1 aliphatic heterocycles. The van der Waals surface area contributed by atoms with Gasteiger partial charge >= 0.3 is 0 Å². The van der Waals surface area contributed by atoms with Gasteiger partial charge in [-0.25, -0.2) is 0 Å². The van der Waals surface area contributed by atoms with Crippen molar-refractivity contribution in [1.82, 2.24) is 10.3 Å². The van der Waals surface area contributed by atoms with E-state index in [1.165, 1.54) is 11.8 Å². The molecule has 6 nitrogen and oxygen atoms in total. The topological polar surface area (TPSA) is 88.3 Å². The van der Waals surface area contributed by atoms with Crippen LogP contribution in [0.4, 0.5) is 5.69 Å². The summed E-state index contributed by atoms with van der Waals surface area (Å²) in [6, 6.07) is 11.5. The molecule has 6 heteroatoms. The van der Waals surface area contributed by atoms with E-state index in [4.69, 9.17) is 5.73 Å². The summed E-state index contributed by atoms with van der Waals surface area (Å²) >= 11 is 0. The first-order chi connectivity index (χ1) is 11.5. The first kappa shape index (κ1) is 16.0. The third-order valence-corrected chi connectivity index (χ3v) is 4.21. The van der Waals surface area contributed by atoms with E-state index in [2.05, 4.69) is 46.4 Å². The summed E-state index contributed by atoms with van der Waals surface area (Å²) in [4.78, 5) is 30.0. The first-order valence-corrected chi connectivity index (χ1v) is 7.92. The highest BCUT2D eigenvalue weighted by Gasteiger charge is 2.26. The van der Waals surface area contributed by atoms with E-state index in [1.54, 1.807) is 12.1 Å². The number of nitrogens with zero attached hydrogens (tertiary/aromatic N) is 2. The van der Waals surface area contributed by atoms with Gasteiger partial charge in [0.25, 0.3) is 11.8 Å². The molecule has 2 aromatic rings. The van der Waals surface area contributed by atoms with E-state index >= 15 is 0 Å². The van der Waals surface area contributed by atoms with Crippen LogP contribution in [0.1, 0.15) is 32.8 Å². The Morgan fingerprint density at radius 3 is 2.71 bits per heavy atom. The highest BCUT2D eigenvalue weighted by Crippen LogP contribution is 2.21. The van der Waals surface area contributed by atoms with Gasteiger partial charge in [-0.2, -0.15) is 0 Å². The molecule has 2 amide bonds. The van der Waals surface area contributed by atoms with Crippen LogP contribution in [-0.4, -0.2) is 35.9 Å². The Kier molecular flexibility index (Phi) is 4.46. The molecule has 24 heavy (non-hydrogen) atoms. The molecule has 1 saturated heterocycles. The van der Waals surface area contributed by atoms with Gasteiger partial charge < -0.3 is 16.0 Å². The molecule has 1 atom stereocenters. The molecule has 1 aliphatic rings. The maximum absolute atomic E-state index is 12.4. The Bertz CT molecular complexity index is 758. The molecule has 1 unspecified atom stereocenters. The minimum absolute atomic E-state index is 0.00314. The van der Waals surface area contributed by atoms with Crippen LogP contribution in [0.2, 0.25) is 0 Å². The van der Waals surface area contributed by atoms with Gasteiger partial charge in [-0.1, -0.05) is 17.7 Å². The lowest BCUT2D eigenvalue weighted by molar-refractivity contribution is 0.0923. The van der Waals surface area contributed by atoms with Gasteiger partial charge in [0.1, 0.15) is 5.69 Å². The molecule has 3 rings (SSSR count). The van der Waals surface area contributed by atoms with Gasteiger partial charge in [0, 0.05) is 31.0 Å². The standard InChI is InChI=1S/C18H20N4O2/c1-12-4-6-14(7-5-12)22-10-8-13(11-22)21-18(24)15-3-2-9-20-16(15)17(19)23/h2-7,9,13H,8,10-11H2,1H3,(H2,19,23)(H,21,24). The van der Waals surface area contributed by atoms with Crippen molar-refractivity contribution in [2.45, 2.75) is 19.4 Å². The number of aromatic nitrogens is 1. The van der Waals surface area contributed by atoms with Gasteiger partial charge in [-0.15, -0.1) is 0 Å². The number of nitrogens with two attached hydrogens (primary N) is 1. The summed E-state index contributed by atoms with van der Waals surface area (Å²) in [7, 11) is 0. The van der Waals surface area contributed by atoms with Crippen LogP contribution in [-0.2, 0) is 0 Å². The average molecular weight is 324 g/mol. The second-order valence-corrected chi connectivity index (χ2v) is 6.00. The van der Waals surface area contributed by atoms with E-state index in [1.807, 2.05) is 0 Å². The number of amides is 2. The number of anilines is 1. The van der Waals surface area contributed by atoms with E-state index < -0.39 is 5.91 Å². The number of hydrogen-bond donors (Lipinski definition) is 2. The zero-order valence-electron chi connectivity index (χ0n) is 13.5. The summed E-state index contributed by atoms with van der Waals surface area (Å²) in [5, 5.41) is 2.97. The van der Waals surface area contributed by atoms with Crippen molar-refractivity contribution < 1.29 is 9.59 Å². The smallest absolute Gasteiger partial charge is 0.268 e. The van der Waals surface area contributed by atoms with E-state index in [0.29, 0.717) is 0 Å². The van der Waals surface area contributed by atoms with Crippen LogP contribution in [0.25, 0.3) is 0 Å². The summed E-state index contributed by atoms with van der Waals surface area (Å²) in [5.41, 5.74) is 7.88. The van der Waals surface area contributed by atoms with Crippen molar-refractivity contribution in [3.05, 3.63) is 59.4 Å². The van der Waals surface area contributed by atoms with E-state index in [0.717, 1.165) is 25.2 Å². The lowest BCUT2D eigenvalue weighted by atomic mass is 10.1. The van der Waals surface area contributed by atoms with Gasteiger partial charge in [-0.3, -0.25) is 14.6 Å². The molecule has 0 saturated carbocycles. The fourth-order valence-electron chi connectivity index (χ4n) is 2.92. The van der Waals surface area contributed by atoms with Gasteiger partial charge in [0.05, 0.1) is 5.56 Å². The fourth-order valence-corrected chi connectivity index (χ4v) is 2.92. The monoisotopic (exact) mass is 324 g/mol. The lowest BCUT2D eigenvalue weighted by Gasteiger charge is -2.19. The van der Waals surface area contributed by atoms with Crippen molar-refractivity contribution in [3.63, 3.8) is 0 Å². The number of carbonyl (C=O) groups is 2. The van der Waals surface area contributed by atoms with Crippen molar-refractivity contribution in [2.75, 3.05) is 18.0 Å². The lowest BCUT2D eigenvalue weighted by Crippen LogP contribution is -2.38. The zero-order valence-corrected chi connectivity index (χ0v) is 13.5. The second-order valence-electron chi connectivity index (χ2n) is 6.00. The number of aryl methyl sites for hydroxylation is 1. The zero-order chi connectivity index (χ0) is 17.1. The van der Waals surface area contributed by atoms with Crippen LogP contribution in [0.15, 0.2) is 42.6 Å². The number of hydrogen-bond acceptors (Lipinski definition) is 4. The fraction of sp³-hybridized carbons (Fsp3) is 0.278. The maximum atomic E-state index is 12.4. The molecule has 1 aromatic heterocycles. The van der Waals surface area contributed by atoms with Gasteiger partial charge in [0.2, 0.25) is 0 Å². The Hall–Kier alpha value is -2.89.